The van der Waals surface area contributed by atoms with Crippen molar-refractivity contribution in [1.82, 2.24) is 15.5 Å². The zero-order valence-corrected chi connectivity index (χ0v) is 13.4. The Balaban J connectivity index is 0.00000200. The van der Waals surface area contributed by atoms with Crippen molar-refractivity contribution in [3.05, 3.63) is 29.8 Å². The van der Waals surface area contributed by atoms with E-state index in [1.165, 1.54) is 4.90 Å². The zero-order chi connectivity index (χ0) is 13.5. The zero-order valence-electron chi connectivity index (χ0n) is 11.7. The van der Waals surface area contributed by atoms with Crippen LogP contribution in [-0.4, -0.2) is 56.3 Å². The van der Waals surface area contributed by atoms with E-state index in [1.54, 1.807) is 11.8 Å². The van der Waals surface area contributed by atoms with Gasteiger partial charge in [-0.25, -0.2) is 0 Å². The van der Waals surface area contributed by atoms with Gasteiger partial charge in [-0.2, -0.15) is 0 Å². The highest BCUT2D eigenvalue weighted by Gasteiger charge is 2.10. The number of carbonyl (C=O) groups is 1. The van der Waals surface area contributed by atoms with Gasteiger partial charge < -0.3 is 10.6 Å². The second kappa shape index (κ2) is 9.23. The van der Waals surface area contributed by atoms with Crippen molar-refractivity contribution in [3.63, 3.8) is 0 Å². The maximum atomic E-state index is 11.9. The Labute approximate surface area is 131 Å². The average molecular weight is 316 g/mol. The van der Waals surface area contributed by atoms with Gasteiger partial charge in [0.05, 0.1) is 0 Å². The maximum Gasteiger partial charge on any atom is 0.251 e. The maximum absolute atomic E-state index is 11.9. The lowest BCUT2D eigenvalue weighted by molar-refractivity contribution is 0.0947. The summed E-state index contributed by atoms with van der Waals surface area (Å²) in [4.78, 5) is 15.5. The smallest absolute Gasteiger partial charge is 0.251 e. The van der Waals surface area contributed by atoms with E-state index >= 15 is 0 Å². The van der Waals surface area contributed by atoms with E-state index in [4.69, 9.17) is 0 Å². The third-order valence-electron chi connectivity index (χ3n) is 3.28. The summed E-state index contributed by atoms with van der Waals surface area (Å²) in [5.74, 6) is 0.0165. The molecule has 1 saturated heterocycles. The predicted octanol–water partition coefficient (Wildman–Crippen LogP) is 1.47. The molecule has 0 aliphatic carbocycles. The number of hydrogen-bond acceptors (Lipinski definition) is 4. The molecule has 1 heterocycles. The van der Waals surface area contributed by atoms with Crippen molar-refractivity contribution in [3.8, 4) is 0 Å². The minimum Gasteiger partial charge on any atom is -0.351 e. The molecular weight excluding hydrogens is 294 g/mol. The second-order valence-corrected chi connectivity index (χ2v) is 5.46. The molecule has 20 heavy (non-hydrogen) atoms. The van der Waals surface area contributed by atoms with Crippen molar-refractivity contribution in [1.29, 1.82) is 0 Å². The molecule has 0 aromatic heterocycles. The van der Waals surface area contributed by atoms with Gasteiger partial charge in [0, 0.05) is 49.7 Å². The summed E-state index contributed by atoms with van der Waals surface area (Å²) in [7, 11) is 0. The fourth-order valence-electron chi connectivity index (χ4n) is 2.11. The first-order valence-electron chi connectivity index (χ1n) is 6.65. The summed E-state index contributed by atoms with van der Waals surface area (Å²) in [6, 6.07) is 7.73. The minimum atomic E-state index is 0. The Hall–Kier alpha value is -0.750. The first-order valence-corrected chi connectivity index (χ1v) is 7.87. The van der Waals surface area contributed by atoms with Crippen molar-refractivity contribution in [2.45, 2.75) is 4.90 Å². The molecule has 1 aliphatic heterocycles. The van der Waals surface area contributed by atoms with Crippen molar-refractivity contribution in [2.75, 3.05) is 45.5 Å². The lowest BCUT2D eigenvalue weighted by Crippen LogP contribution is -2.46. The average Bonchev–Trinajstić information content (AvgIpc) is 2.48. The van der Waals surface area contributed by atoms with E-state index in [0.717, 1.165) is 38.3 Å². The second-order valence-electron chi connectivity index (χ2n) is 4.58. The number of amides is 1. The number of rotatable bonds is 5. The monoisotopic (exact) mass is 315 g/mol. The summed E-state index contributed by atoms with van der Waals surface area (Å²) in [6.45, 7) is 5.87. The SMILES string of the molecule is CSc1ccc(C(=O)NCCN2CCNCC2)cc1.Cl. The number of thioether (sulfide) groups is 1. The molecule has 1 amide bonds. The van der Waals surface area contributed by atoms with Gasteiger partial charge in [-0.1, -0.05) is 0 Å². The number of benzene rings is 1. The van der Waals surface area contributed by atoms with Gasteiger partial charge in [-0.3, -0.25) is 9.69 Å². The summed E-state index contributed by atoms with van der Waals surface area (Å²) in [5, 5.41) is 6.30. The van der Waals surface area contributed by atoms with Gasteiger partial charge in [0.2, 0.25) is 0 Å². The number of hydrogen-bond donors (Lipinski definition) is 2. The third kappa shape index (κ3) is 5.32. The molecule has 1 aromatic rings. The van der Waals surface area contributed by atoms with Crippen LogP contribution in [0.3, 0.4) is 0 Å². The summed E-state index contributed by atoms with van der Waals surface area (Å²) in [5.41, 5.74) is 0.734. The van der Waals surface area contributed by atoms with Crippen molar-refractivity contribution >= 4 is 30.1 Å². The van der Waals surface area contributed by atoms with Crippen LogP contribution in [0.4, 0.5) is 0 Å². The molecule has 1 aliphatic rings. The molecule has 1 aromatic carbocycles. The van der Waals surface area contributed by atoms with Crippen LogP contribution in [-0.2, 0) is 0 Å². The predicted molar refractivity (Wildman–Crippen MR) is 87.1 cm³/mol. The quantitative estimate of drug-likeness (QED) is 0.808. The van der Waals surface area contributed by atoms with Crippen LogP contribution in [0, 0.1) is 0 Å². The fourth-order valence-corrected chi connectivity index (χ4v) is 2.52. The highest BCUT2D eigenvalue weighted by Crippen LogP contribution is 2.14. The largest absolute Gasteiger partial charge is 0.351 e. The number of carbonyl (C=O) groups excluding carboxylic acids is 1. The molecular formula is C14H22ClN3OS. The lowest BCUT2D eigenvalue weighted by atomic mass is 10.2. The molecule has 6 heteroatoms. The molecule has 112 valence electrons. The normalized spacial score (nSPS) is 15.4. The highest BCUT2D eigenvalue weighted by molar-refractivity contribution is 7.98. The van der Waals surface area contributed by atoms with Crippen LogP contribution in [0.5, 0.6) is 0 Å². The van der Waals surface area contributed by atoms with Gasteiger partial charge in [-0.15, -0.1) is 24.2 Å². The van der Waals surface area contributed by atoms with Gasteiger partial charge in [0.1, 0.15) is 0 Å². The summed E-state index contributed by atoms with van der Waals surface area (Å²) >= 11 is 1.68. The molecule has 0 radical (unpaired) electrons. The van der Waals surface area contributed by atoms with Crippen molar-refractivity contribution < 1.29 is 4.79 Å². The number of piperazine rings is 1. The van der Waals surface area contributed by atoms with E-state index < -0.39 is 0 Å². The number of nitrogens with one attached hydrogen (secondary N) is 2. The summed E-state index contributed by atoms with van der Waals surface area (Å²) in [6.07, 6.45) is 2.03. The van der Waals surface area contributed by atoms with Crippen LogP contribution in [0.1, 0.15) is 10.4 Å². The number of nitrogens with zero attached hydrogens (tertiary/aromatic N) is 1. The van der Waals surface area contributed by atoms with E-state index in [9.17, 15) is 4.79 Å². The Kier molecular flexibility index (Phi) is 7.99. The van der Waals surface area contributed by atoms with Gasteiger partial charge in [0.15, 0.2) is 0 Å². The van der Waals surface area contributed by atoms with Crippen molar-refractivity contribution in [2.24, 2.45) is 0 Å². The highest BCUT2D eigenvalue weighted by atomic mass is 35.5. The molecule has 0 saturated carbocycles. The van der Waals surface area contributed by atoms with Crippen LogP contribution in [0.2, 0.25) is 0 Å². The summed E-state index contributed by atoms with van der Waals surface area (Å²) < 4.78 is 0. The van der Waals surface area contributed by atoms with Gasteiger partial charge >= 0.3 is 0 Å². The van der Waals surface area contributed by atoms with Crippen LogP contribution in [0.25, 0.3) is 0 Å². The Bertz CT molecular complexity index is 407. The Morgan fingerprint density at radius 2 is 1.95 bits per heavy atom. The van der Waals surface area contributed by atoms with Gasteiger partial charge in [0.25, 0.3) is 5.91 Å². The molecule has 0 atom stereocenters. The van der Waals surface area contributed by atoms with E-state index in [-0.39, 0.29) is 18.3 Å². The van der Waals surface area contributed by atoms with E-state index in [2.05, 4.69) is 15.5 Å². The number of halogens is 1. The molecule has 0 unspecified atom stereocenters. The Morgan fingerprint density at radius 1 is 1.30 bits per heavy atom. The fraction of sp³-hybridized carbons (Fsp3) is 0.500. The molecule has 4 nitrogen and oxygen atoms in total. The molecule has 1 fully saturated rings. The first kappa shape index (κ1) is 17.3. The Morgan fingerprint density at radius 3 is 2.55 bits per heavy atom. The standard InChI is InChI=1S/C14H21N3OS.ClH/c1-19-13-4-2-12(3-5-13)14(18)16-8-11-17-9-6-15-7-10-17;/h2-5,15H,6-11H2,1H3,(H,16,18);1H. The molecule has 0 bridgehead atoms. The first-order chi connectivity index (χ1) is 9.29. The van der Waals surface area contributed by atoms with Crippen LogP contribution >= 0.6 is 24.2 Å². The topological polar surface area (TPSA) is 44.4 Å². The molecule has 2 N–H and O–H groups in total. The third-order valence-corrected chi connectivity index (χ3v) is 4.02. The minimum absolute atomic E-state index is 0. The van der Waals surface area contributed by atoms with E-state index in [0.29, 0.717) is 6.54 Å². The van der Waals surface area contributed by atoms with Crippen LogP contribution in [0.15, 0.2) is 29.2 Å². The molecule has 2 rings (SSSR count). The van der Waals surface area contributed by atoms with Gasteiger partial charge in [-0.05, 0) is 30.5 Å². The lowest BCUT2D eigenvalue weighted by Gasteiger charge is -2.27. The van der Waals surface area contributed by atoms with Crippen LogP contribution < -0.4 is 10.6 Å². The molecule has 0 spiro atoms. The van der Waals surface area contributed by atoms with E-state index in [1.807, 2.05) is 30.5 Å².